The fraction of sp³-hybridized carbons (Fsp3) is 0.800. The molecule has 0 aromatic rings. The first-order valence-electron chi connectivity index (χ1n) is 4.67. The molecule has 0 radical (unpaired) electrons. The molecule has 0 bridgehead atoms. The van der Waals surface area contributed by atoms with Gasteiger partial charge in [-0.05, 0) is 31.7 Å². The fourth-order valence-electron chi connectivity index (χ4n) is 1.67. The van der Waals surface area contributed by atoms with Crippen LogP contribution >= 0.6 is 0 Å². The number of piperidine rings is 1. The lowest BCUT2D eigenvalue weighted by Crippen LogP contribution is -2.36. The van der Waals surface area contributed by atoms with Gasteiger partial charge in [-0.3, -0.25) is 0 Å². The molecular formula is C10H17NO. The number of nitrogens with one attached hydrogen (secondary N) is 1. The van der Waals surface area contributed by atoms with Gasteiger partial charge in [-0.1, -0.05) is 0 Å². The van der Waals surface area contributed by atoms with Gasteiger partial charge >= 0.3 is 0 Å². The zero-order chi connectivity index (χ0) is 8.81. The molecule has 2 unspecified atom stereocenters. The summed E-state index contributed by atoms with van der Waals surface area (Å²) in [6.45, 7) is 2.05. The van der Waals surface area contributed by atoms with Crippen LogP contribution in [0.25, 0.3) is 0 Å². The predicted octanol–water partition coefficient (Wildman–Crippen LogP) is 0.760. The minimum absolute atomic E-state index is 0.200. The van der Waals surface area contributed by atoms with Gasteiger partial charge < -0.3 is 10.4 Å². The molecule has 68 valence electrons. The smallest absolute Gasteiger partial charge is 0.0589 e. The van der Waals surface area contributed by atoms with E-state index in [2.05, 4.69) is 11.2 Å². The summed E-state index contributed by atoms with van der Waals surface area (Å²) in [4.78, 5) is 0. The van der Waals surface area contributed by atoms with Crippen LogP contribution in [0.1, 0.15) is 25.7 Å². The predicted molar refractivity (Wildman–Crippen MR) is 49.7 cm³/mol. The molecule has 0 aliphatic carbocycles. The summed E-state index contributed by atoms with van der Waals surface area (Å²) in [5.41, 5.74) is 0. The van der Waals surface area contributed by atoms with Gasteiger partial charge in [0, 0.05) is 13.0 Å². The van der Waals surface area contributed by atoms with Gasteiger partial charge in [-0.15, -0.1) is 12.3 Å². The molecule has 1 heterocycles. The Morgan fingerprint density at radius 3 is 3.08 bits per heavy atom. The molecule has 2 atom stereocenters. The summed E-state index contributed by atoms with van der Waals surface area (Å²) < 4.78 is 0. The third kappa shape index (κ3) is 2.84. The van der Waals surface area contributed by atoms with Gasteiger partial charge in [0.1, 0.15) is 0 Å². The van der Waals surface area contributed by atoms with Crippen molar-refractivity contribution < 1.29 is 5.11 Å². The van der Waals surface area contributed by atoms with E-state index in [1.165, 1.54) is 6.42 Å². The van der Waals surface area contributed by atoms with Gasteiger partial charge in [0.05, 0.1) is 6.10 Å². The molecule has 1 saturated heterocycles. The van der Waals surface area contributed by atoms with E-state index in [1.54, 1.807) is 0 Å². The molecule has 1 aliphatic heterocycles. The second-order valence-corrected chi connectivity index (χ2v) is 3.42. The van der Waals surface area contributed by atoms with Crippen LogP contribution in [-0.4, -0.2) is 24.3 Å². The first-order valence-corrected chi connectivity index (χ1v) is 4.67. The maximum Gasteiger partial charge on any atom is 0.0589 e. The fourth-order valence-corrected chi connectivity index (χ4v) is 1.67. The Morgan fingerprint density at radius 1 is 1.67 bits per heavy atom. The largest absolute Gasteiger partial charge is 0.393 e. The molecule has 12 heavy (non-hydrogen) atoms. The Balaban J connectivity index is 2.21. The zero-order valence-electron chi connectivity index (χ0n) is 7.42. The summed E-state index contributed by atoms with van der Waals surface area (Å²) in [6.07, 6.45) is 8.69. The zero-order valence-corrected chi connectivity index (χ0v) is 7.42. The van der Waals surface area contributed by atoms with Crippen molar-refractivity contribution in [2.24, 2.45) is 5.92 Å². The minimum Gasteiger partial charge on any atom is -0.393 e. The SMILES string of the molecule is C#CCCC(O)C1CCCNC1. The summed E-state index contributed by atoms with van der Waals surface area (Å²) in [6, 6.07) is 0. The molecule has 2 nitrogen and oxygen atoms in total. The highest BCUT2D eigenvalue weighted by molar-refractivity contribution is 4.86. The number of rotatable bonds is 3. The maximum absolute atomic E-state index is 9.67. The van der Waals surface area contributed by atoms with Crippen LogP contribution in [0.15, 0.2) is 0 Å². The average molecular weight is 167 g/mol. The van der Waals surface area contributed by atoms with E-state index in [4.69, 9.17) is 6.42 Å². The molecule has 2 heteroatoms. The first-order chi connectivity index (χ1) is 5.84. The average Bonchev–Trinajstić information content (AvgIpc) is 2.15. The summed E-state index contributed by atoms with van der Waals surface area (Å²) in [5, 5.41) is 12.9. The van der Waals surface area contributed by atoms with E-state index in [1.807, 2.05) is 0 Å². The molecule has 1 aliphatic rings. The monoisotopic (exact) mass is 167 g/mol. The number of hydrogen-bond acceptors (Lipinski definition) is 2. The molecule has 0 amide bonds. The molecule has 1 rings (SSSR count). The highest BCUT2D eigenvalue weighted by Gasteiger charge is 2.20. The standard InChI is InChI=1S/C10H17NO/c1-2-3-6-10(12)9-5-4-7-11-8-9/h1,9-12H,3-8H2. The molecule has 0 saturated carbocycles. The number of aliphatic hydroxyl groups excluding tert-OH is 1. The second kappa shape index (κ2) is 5.18. The summed E-state index contributed by atoms with van der Waals surface area (Å²) in [7, 11) is 0. The molecule has 0 aromatic heterocycles. The lowest BCUT2D eigenvalue weighted by atomic mass is 9.91. The van der Waals surface area contributed by atoms with Gasteiger partial charge in [-0.25, -0.2) is 0 Å². The Morgan fingerprint density at radius 2 is 2.50 bits per heavy atom. The van der Waals surface area contributed by atoms with Gasteiger partial charge in [0.25, 0.3) is 0 Å². The van der Waals surface area contributed by atoms with Crippen molar-refractivity contribution in [1.82, 2.24) is 5.32 Å². The van der Waals surface area contributed by atoms with Crippen LogP contribution in [0.5, 0.6) is 0 Å². The Hall–Kier alpha value is -0.520. The van der Waals surface area contributed by atoms with Crippen molar-refractivity contribution in [2.75, 3.05) is 13.1 Å². The first kappa shape index (κ1) is 9.57. The Kier molecular flexibility index (Phi) is 4.13. The summed E-state index contributed by atoms with van der Waals surface area (Å²) in [5.74, 6) is 2.98. The van der Waals surface area contributed by atoms with E-state index < -0.39 is 0 Å². The van der Waals surface area contributed by atoms with Crippen molar-refractivity contribution in [3.05, 3.63) is 0 Å². The minimum atomic E-state index is -0.200. The van der Waals surface area contributed by atoms with Crippen molar-refractivity contribution in [2.45, 2.75) is 31.8 Å². The topological polar surface area (TPSA) is 32.3 Å². The Bertz CT molecular complexity index is 156. The maximum atomic E-state index is 9.67. The highest BCUT2D eigenvalue weighted by Crippen LogP contribution is 2.17. The van der Waals surface area contributed by atoms with Crippen LogP contribution in [0.2, 0.25) is 0 Å². The van der Waals surface area contributed by atoms with Crippen LogP contribution in [0.3, 0.4) is 0 Å². The van der Waals surface area contributed by atoms with Crippen molar-refractivity contribution >= 4 is 0 Å². The van der Waals surface area contributed by atoms with E-state index in [0.29, 0.717) is 12.3 Å². The van der Waals surface area contributed by atoms with E-state index in [9.17, 15) is 5.11 Å². The van der Waals surface area contributed by atoms with E-state index in [-0.39, 0.29) is 6.10 Å². The van der Waals surface area contributed by atoms with Crippen molar-refractivity contribution in [1.29, 1.82) is 0 Å². The normalized spacial score (nSPS) is 26.2. The molecule has 2 N–H and O–H groups in total. The van der Waals surface area contributed by atoms with E-state index in [0.717, 1.165) is 25.9 Å². The molecular weight excluding hydrogens is 150 g/mol. The molecule has 1 fully saturated rings. The second-order valence-electron chi connectivity index (χ2n) is 3.42. The highest BCUT2D eigenvalue weighted by atomic mass is 16.3. The lowest BCUT2D eigenvalue weighted by Gasteiger charge is -2.26. The summed E-state index contributed by atoms with van der Waals surface area (Å²) >= 11 is 0. The number of aliphatic hydroxyl groups is 1. The van der Waals surface area contributed by atoms with Gasteiger partial charge in [0.2, 0.25) is 0 Å². The van der Waals surface area contributed by atoms with Crippen LogP contribution in [-0.2, 0) is 0 Å². The van der Waals surface area contributed by atoms with Crippen LogP contribution in [0, 0.1) is 18.3 Å². The van der Waals surface area contributed by atoms with Crippen LogP contribution in [0.4, 0.5) is 0 Å². The Labute approximate surface area is 74.4 Å². The quantitative estimate of drug-likeness (QED) is 0.608. The van der Waals surface area contributed by atoms with Crippen molar-refractivity contribution in [3.8, 4) is 12.3 Å². The molecule has 0 spiro atoms. The van der Waals surface area contributed by atoms with Crippen LogP contribution < -0.4 is 5.32 Å². The molecule has 0 aromatic carbocycles. The van der Waals surface area contributed by atoms with Gasteiger partial charge in [0.15, 0.2) is 0 Å². The van der Waals surface area contributed by atoms with E-state index >= 15 is 0 Å². The third-order valence-electron chi connectivity index (χ3n) is 2.46. The van der Waals surface area contributed by atoms with Gasteiger partial charge in [-0.2, -0.15) is 0 Å². The van der Waals surface area contributed by atoms with Crippen molar-refractivity contribution in [3.63, 3.8) is 0 Å². The lowest BCUT2D eigenvalue weighted by molar-refractivity contribution is 0.0855. The number of hydrogen-bond donors (Lipinski definition) is 2. The third-order valence-corrected chi connectivity index (χ3v) is 2.46. The number of terminal acetylenes is 1.